The molecule has 0 saturated heterocycles. The maximum atomic E-state index is 2.75. The van der Waals surface area contributed by atoms with Crippen molar-refractivity contribution in [1.29, 1.82) is 0 Å². The van der Waals surface area contributed by atoms with Gasteiger partial charge in [0.15, 0.2) is 0 Å². The SMILES string of the molecule is CCc1ccc2ccccc2c1.CNC.Cl. The van der Waals surface area contributed by atoms with Crippen LogP contribution in [0.25, 0.3) is 10.8 Å². The molecular weight excluding hydrogens is 218 g/mol. The van der Waals surface area contributed by atoms with Gasteiger partial charge in [-0.05, 0) is 36.9 Å². The normalized spacial score (nSPS) is 8.94. The van der Waals surface area contributed by atoms with E-state index in [-0.39, 0.29) is 12.4 Å². The van der Waals surface area contributed by atoms with Crippen LogP contribution in [-0.4, -0.2) is 14.1 Å². The van der Waals surface area contributed by atoms with Crippen molar-refractivity contribution in [3.8, 4) is 0 Å². The van der Waals surface area contributed by atoms with E-state index < -0.39 is 0 Å². The smallest absolute Gasteiger partial charge is 0.0167 e. The van der Waals surface area contributed by atoms with Gasteiger partial charge in [-0.2, -0.15) is 0 Å². The van der Waals surface area contributed by atoms with Crippen LogP contribution in [0.1, 0.15) is 12.5 Å². The van der Waals surface area contributed by atoms with Gasteiger partial charge in [-0.15, -0.1) is 12.4 Å². The third-order valence-corrected chi connectivity index (χ3v) is 2.22. The number of halogens is 1. The van der Waals surface area contributed by atoms with E-state index in [0.717, 1.165) is 6.42 Å². The fraction of sp³-hybridized carbons (Fsp3) is 0.286. The Labute approximate surface area is 104 Å². The van der Waals surface area contributed by atoms with Gasteiger partial charge in [0.25, 0.3) is 0 Å². The average molecular weight is 238 g/mol. The minimum absolute atomic E-state index is 0. The summed E-state index contributed by atoms with van der Waals surface area (Å²) in [6, 6.07) is 15.1. The lowest BCUT2D eigenvalue weighted by Gasteiger charge is -1.99. The summed E-state index contributed by atoms with van der Waals surface area (Å²) in [4.78, 5) is 0. The van der Waals surface area contributed by atoms with Crippen LogP contribution in [-0.2, 0) is 6.42 Å². The fourth-order valence-corrected chi connectivity index (χ4v) is 1.46. The Kier molecular flexibility index (Phi) is 7.61. The molecule has 0 aliphatic rings. The first-order valence-electron chi connectivity index (χ1n) is 5.38. The quantitative estimate of drug-likeness (QED) is 0.798. The molecule has 88 valence electrons. The van der Waals surface area contributed by atoms with Gasteiger partial charge in [0.2, 0.25) is 0 Å². The topological polar surface area (TPSA) is 12.0 Å². The highest BCUT2D eigenvalue weighted by molar-refractivity contribution is 5.85. The molecule has 0 spiro atoms. The first kappa shape index (κ1) is 14.9. The van der Waals surface area contributed by atoms with Crippen molar-refractivity contribution < 1.29 is 0 Å². The van der Waals surface area contributed by atoms with Gasteiger partial charge in [0, 0.05) is 0 Å². The zero-order valence-electron chi connectivity index (χ0n) is 10.2. The van der Waals surface area contributed by atoms with Gasteiger partial charge in [0.05, 0.1) is 0 Å². The van der Waals surface area contributed by atoms with E-state index in [1.54, 1.807) is 0 Å². The van der Waals surface area contributed by atoms with Crippen LogP contribution in [0.2, 0.25) is 0 Å². The number of nitrogens with one attached hydrogen (secondary N) is 1. The van der Waals surface area contributed by atoms with E-state index in [0.29, 0.717) is 0 Å². The van der Waals surface area contributed by atoms with Crippen molar-refractivity contribution in [1.82, 2.24) is 5.32 Å². The molecule has 0 unspecified atom stereocenters. The predicted molar refractivity (Wildman–Crippen MR) is 75.6 cm³/mol. The first-order valence-corrected chi connectivity index (χ1v) is 5.38. The molecule has 2 heteroatoms. The summed E-state index contributed by atoms with van der Waals surface area (Å²) in [7, 11) is 3.75. The summed E-state index contributed by atoms with van der Waals surface area (Å²) in [5, 5.41) is 5.42. The lowest BCUT2D eigenvalue weighted by atomic mass is 10.1. The van der Waals surface area contributed by atoms with E-state index in [2.05, 4.69) is 54.7 Å². The fourth-order valence-electron chi connectivity index (χ4n) is 1.46. The monoisotopic (exact) mass is 237 g/mol. The number of hydrogen-bond donors (Lipinski definition) is 1. The van der Waals surface area contributed by atoms with Crippen LogP contribution < -0.4 is 5.32 Å². The molecule has 0 saturated carbocycles. The summed E-state index contributed by atoms with van der Waals surface area (Å²) < 4.78 is 0. The summed E-state index contributed by atoms with van der Waals surface area (Å²) in [6.07, 6.45) is 1.12. The Morgan fingerprint density at radius 2 is 1.50 bits per heavy atom. The summed E-state index contributed by atoms with van der Waals surface area (Å²) in [6.45, 7) is 2.18. The second-order valence-corrected chi connectivity index (χ2v) is 3.54. The van der Waals surface area contributed by atoms with Gasteiger partial charge in [0.1, 0.15) is 0 Å². The number of hydrogen-bond acceptors (Lipinski definition) is 1. The standard InChI is InChI=1S/C12H12.C2H7N.ClH/c1-2-10-7-8-11-5-3-4-6-12(11)9-10;1-3-2;/h3-9H,2H2,1H3;3H,1-2H3;1H. The van der Waals surface area contributed by atoms with Crippen LogP contribution in [0.4, 0.5) is 0 Å². The van der Waals surface area contributed by atoms with Crippen molar-refractivity contribution in [2.75, 3.05) is 14.1 Å². The highest BCUT2D eigenvalue weighted by atomic mass is 35.5. The minimum Gasteiger partial charge on any atom is -0.323 e. The van der Waals surface area contributed by atoms with Gasteiger partial charge < -0.3 is 5.32 Å². The predicted octanol–water partition coefficient (Wildman–Crippen LogP) is 3.66. The first-order chi connectivity index (χ1) is 7.31. The summed E-state index contributed by atoms with van der Waals surface area (Å²) in [5.74, 6) is 0. The molecular formula is C14H20ClN. The largest absolute Gasteiger partial charge is 0.323 e. The Morgan fingerprint density at radius 1 is 0.938 bits per heavy atom. The zero-order chi connectivity index (χ0) is 11.1. The zero-order valence-corrected chi connectivity index (χ0v) is 11.0. The molecule has 2 aromatic carbocycles. The lowest BCUT2D eigenvalue weighted by molar-refractivity contribution is 1.02. The Morgan fingerprint density at radius 3 is 2.06 bits per heavy atom. The average Bonchev–Trinajstić information content (AvgIpc) is 2.29. The van der Waals surface area contributed by atoms with Crippen molar-refractivity contribution in [3.63, 3.8) is 0 Å². The molecule has 0 bridgehead atoms. The molecule has 0 amide bonds. The van der Waals surface area contributed by atoms with Crippen LogP contribution in [0.5, 0.6) is 0 Å². The Balaban J connectivity index is 0.000000511. The molecule has 0 aromatic heterocycles. The second kappa shape index (κ2) is 8.14. The van der Waals surface area contributed by atoms with Crippen LogP contribution in [0.15, 0.2) is 42.5 Å². The maximum absolute atomic E-state index is 2.75. The van der Waals surface area contributed by atoms with Crippen LogP contribution in [0, 0.1) is 0 Å². The molecule has 1 N–H and O–H groups in total. The van der Waals surface area contributed by atoms with Crippen molar-refractivity contribution in [3.05, 3.63) is 48.0 Å². The lowest BCUT2D eigenvalue weighted by Crippen LogP contribution is -1.89. The van der Waals surface area contributed by atoms with Gasteiger partial charge >= 0.3 is 0 Å². The van der Waals surface area contributed by atoms with Crippen molar-refractivity contribution in [2.45, 2.75) is 13.3 Å². The highest BCUT2D eigenvalue weighted by Crippen LogP contribution is 2.15. The van der Waals surface area contributed by atoms with Gasteiger partial charge in [-0.25, -0.2) is 0 Å². The molecule has 0 atom stereocenters. The molecule has 2 aromatic rings. The number of aryl methyl sites for hydroxylation is 1. The minimum atomic E-state index is 0. The Hall–Kier alpha value is -1.05. The van der Waals surface area contributed by atoms with E-state index in [1.165, 1.54) is 16.3 Å². The number of benzene rings is 2. The Bertz CT molecular complexity index is 412. The molecule has 0 radical (unpaired) electrons. The molecule has 2 rings (SSSR count). The molecule has 1 nitrogen and oxygen atoms in total. The van der Waals surface area contributed by atoms with E-state index in [9.17, 15) is 0 Å². The van der Waals surface area contributed by atoms with Gasteiger partial charge in [-0.1, -0.05) is 49.4 Å². The van der Waals surface area contributed by atoms with Crippen LogP contribution in [0.3, 0.4) is 0 Å². The van der Waals surface area contributed by atoms with E-state index in [4.69, 9.17) is 0 Å². The second-order valence-electron chi connectivity index (χ2n) is 3.54. The third kappa shape index (κ3) is 4.21. The highest BCUT2D eigenvalue weighted by Gasteiger charge is 1.92. The van der Waals surface area contributed by atoms with Crippen molar-refractivity contribution in [2.24, 2.45) is 0 Å². The molecule has 16 heavy (non-hydrogen) atoms. The van der Waals surface area contributed by atoms with Gasteiger partial charge in [-0.3, -0.25) is 0 Å². The number of fused-ring (bicyclic) bond motifs is 1. The third-order valence-electron chi connectivity index (χ3n) is 2.22. The van der Waals surface area contributed by atoms with Crippen LogP contribution >= 0.6 is 12.4 Å². The van der Waals surface area contributed by atoms with Crippen molar-refractivity contribution >= 4 is 23.2 Å². The number of rotatable bonds is 1. The molecule has 0 heterocycles. The maximum Gasteiger partial charge on any atom is -0.0167 e. The summed E-state index contributed by atoms with van der Waals surface area (Å²) >= 11 is 0. The summed E-state index contributed by atoms with van der Waals surface area (Å²) in [5.41, 5.74) is 1.41. The molecule has 0 fully saturated rings. The van der Waals surface area contributed by atoms with E-state index >= 15 is 0 Å². The molecule has 0 aliphatic carbocycles. The molecule has 0 aliphatic heterocycles. The van der Waals surface area contributed by atoms with E-state index in [1.807, 2.05) is 14.1 Å².